The van der Waals surface area contributed by atoms with Gasteiger partial charge >= 0.3 is 11.6 Å². The number of amides is 1. The molecule has 144 valence electrons. The fraction of sp³-hybridized carbons (Fsp3) is 0.0952. The lowest BCUT2D eigenvalue weighted by molar-refractivity contribution is -0.116. The molecule has 3 heterocycles. The normalized spacial score (nSPS) is 16.6. The van der Waals surface area contributed by atoms with Gasteiger partial charge in [0, 0.05) is 5.39 Å². The molecule has 0 bridgehead atoms. The first-order valence-electron chi connectivity index (χ1n) is 8.82. The molecule has 0 radical (unpaired) electrons. The number of anilines is 1. The minimum atomic E-state index is -0.538. The van der Waals surface area contributed by atoms with Crippen molar-refractivity contribution in [3.63, 3.8) is 0 Å². The summed E-state index contributed by atoms with van der Waals surface area (Å²) in [5.41, 5.74) is 1.02. The van der Waals surface area contributed by atoms with Crippen LogP contribution in [0.3, 0.4) is 0 Å². The van der Waals surface area contributed by atoms with Gasteiger partial charge in [0.15, 0.2) is 5.76 Å². The number of phenolic OH excluding ortho intramolecular Hbond substituents is 1. The first-order chi connectivity index (χ1) is 14.1. The van der Waals surface area contributed by atoms with Gasteiger partial charge in [-0.1, -0.05) is 30.3 Å². The van der Waals surface area contributed by atoms with Crippen molar-refractivity contribution in [2.75, 3.05) is 10.7 Å². The third-order valence-electron chi connectivity index (χ3n) is 4.65. The zero-order chi connectivity index (χ0) is 20.0. The lowest BCUT2D eigenvalue weighted by Crippen LogP contribution is -2.28. The molecular weight excluding hydrogens is 392 g/mol. The van der Waals surface area contributed by atoms with Crippen LogP contribution in [0.4, 0.5) is 6.01 Å². The number of hydrogen-bond donors (Lipinski definition) is 1. The molecule has 1 N–H and O–H groups in total. The standard InChI is InChI=1S/C21H14N2O5S/c24-14-7-5-12(6-8-14)19-23(18(25)11-29-19)21-22-10-17(28-21)15-9-13-3-1-2-4-16(13)27-20(15)26/h1-10,19,24H,11H2. The van der Waals surface area contributed by atoms with Crippen LogP contribution in [0, 0.1) is 0 Å². The van der Waals surface area contributed by atoms with Gasteiger partial charge in [-0.25, -0.2) is 14.7 Å². The van der Waals surface area contributed by atoms with Gasteiger partial charge in [-0.2, -0.15) is 0 Å². The van der Waals surface area contributed by atoms with E-state index in [1.165, 1.54) is 22.9 Å². The van der Waals surface area contributed by atoms with E-state index in [1.807, 2.05) is 12.1 Å². The number of nitrogens with zero attached hydrogens (tertiary/aromatic N) is 2. The lowest BCUT2D eigenvalue weighted by Gasteiger charge is -2.20. The summed E-state index contributed by atoms with van der Waals surface area (Å²) < 4.78 is 11.2. The van der Waals surface area contributed by atoms with Crippen molar-refractivity contribution in [2.45, 2.75) is 5.37 Å². The molecule has 4 aromatic rings. The van der Waals surface area contributed by atoms with Crippen molar-refractivity contribution in [3.8, 4) is 17.1 Å². The van der Waals surface area contributed by atoms with Crippen LogP contribution in [0.25, 0.3) is 22.3 Å². The Hall–Kier alpha value is -3.52. The highest BCUT2D eigenvalue weighted by Gasteiger charge is 2.37. The number of thioether (sulfide) groups is 1. The number of aromatic hydroxyl groups is 1. The fourth-order valence-corrected chi connectivity index (χ4v) is 4.40. The number of phenols is 1. The number of fused-ring (bicyclic) bond motifs is 1. The molecule has 1 fully saturated rings. The van der Waals surface area contributed by atoms with E-state index in [-0.39, 0.29) is 40.1 Å². The van der Waals surface area contributed by atoms with Gasteiger partial charge in [0.25, 0.3) is 0 Å². The van der Waals surface area contributed by atoms with E-state index in [0.717, 1.165) is 10.9 Å². The zero-order valence-electron chi connectivity index (χ0n) is 14.9. The highest BCUT2D eigenvalue weighted by molar-refractivity contribution is 8.00. The number of para-hydroxylation sites is 1. The maximum atomic E-state index is 12.5. The van der Waals surface area contributed by atoms with Gasteiger partial charge in [0.05, 0.1) is 11.9 Å². The van der Waals surface area contributed by atoms with Crippen LogP contribution in [-0.4, -0.2) is 21.8 Å². The molecule has 0 aliphatic carbocycles. The van der Waals surface area contributed by atoms with Crippen LogP contribution in [0.5, 0.6) is 5.75 Å². The topological polar surface area (TPSA) is 96.8 Å². The van der Waals surface area contributed by atoms with Crippen LogP contribution < -0.4 is 10.5 Å². The molecule has 2 aromatic carbocycles. The van der Waals surface area contributed by atoms with Crippen molar-refractivity contribution in [2.24, 2.45) is 0 Å². The Morgan fingerprint density at radius 1 is 1.07 bits per heavy atom. The number of benzene rings is 2. The predicted molar refractivity (Wildman–Crippen MR) is 109 cm³/mol. The fourth-order valence-electron chi connectivity index (χ4n) is 3.25. The van der Waals surface area contributed by atoms with Crippen LogP contribution >= 0.6 is 11.8 Å². The quantitative estimate of drug-likeness (QED) is 0.515. The predicted octanol–water partition coefficient (Wildman–Crippen LogP) is 3.93. The minimum absolute atomic E-state index is 0.112. The van der Waals surface area contributed by atoms with E-state index in [2.05, 4.69) is 4.98 Å². The van der Waals surface area contributed by atoms with Crippen LogP contribution in [0.15, 0.2) is 74.4 Å². The first kappa shape index (κ1) is 17.6. The zero-order valence-corrected chi connectivity index (χ0v) is 15.8. The SMILES string of the molecule is O=C1CSC(c2ccc(O)cc2)N1c1ncc(-c2cc3ccccc3oc2=O)o1. The second-order valence-corrected chi connectivity index (χ2v) is 7.58. The molecule has 0 saturated carbocycles. The third-order valence-corrected chi connectivity index (χ3v) is 5.86. The molecule has 1 unspecified atom stereocenters. The summed E-state index contributed by atoms with van der Waals surface area (Å²) in [5, 5.41) is 9.94. The molecule has 0 spiro atoms. The molecule has 29 heavy (non-hydrogen) atoms. The number of aromatic nitrogens is 1. The summed E-state index contributed by atoms with van der Waals surface area (Å²) in [5.74, 6) is 0.512. The van der Waals surface area contributed by atoms with E-state index in [9.17, 15) is 14.7 Å². The molecule has 1 atom stereocenters. The van der Waals surface area contributed by atoms with Crippen molar-refractivity contribution in [3.05, 3.63) is 76.8 Å². The van der Waals surface area contributed by atoms with E-state index in [1.54, 1.807) is 42.5 Å². The van der Waals surface area contributed by atoms with E-state index < -0.39 is 5.63 Å². The average molecular weight is 406 g/mol. The van der Waals surface area contributed by atoms with E-state index >= 15 is 0 Å². The summed E-state index contributed by atoms with van der Waals surface area (Å²) in [6.07, 6.45) is 1.42. The molecule has 2 aromatic heterocycles. The Balaban J connectivity index is 1.53. The van der Waals surface area contributed by atoms with Gasteiger partial charge in [0.2, 0.25) is 5.91 Å². The smallest absolute Gasteiger partial charge is 0.347 e. The lowest BCUT2D eigenvalue weighted by atomic mass is 10.1. The summed E-state index contributed by atoms with van der Waals surface area (Å²) in [7, 11) is 0. The Kier molecular flexibility index (Phi) is 4.13. The Bertz CT molecular complexity index is 1280. The molecule has 7 nitrogen and oxygen atoms in total. The monoisotopic (exact) mass is 406 g/mol. The van der Waals surface area contributed by atoms with Gasteiger partial charge in [-0.3, -0.25) is 4.79 Å². The number of rotatable bonds is 3. The highest BCUT2D eigenvalue weighted by Crippen LogP contribution is 2.42. The van der Waals surface area contributed by atoms with E-state index in [0.29, 0.717) is 5.58 Å². The van der Waals surface area contributed by atoms with E-state index in [4.69, 9.17) is 8.83 Å². The maximum absolute atomic E-state index is 12.5. The summed E-state index contributed by atoms with van der Waals surface area (Å²) in [6, 6.07) is 15.6. The highest BCUT2D eigenvalue weighted by atomic mass is 32.2. The third kappa shape index (κ3) is 3.07. The molecule has 1 saturated heterocycles. The second kappa shape index (κ2) is 6.82. The molecule has 8 heteroatoms. The number of carbonyl (C=O) groups excluding carboxylic acids is 1. The van der Waals surface area contributed by atoms with Crippen molar-refractivity contribution < 1.29 is 18.7 Å². The average Bonchev–Trinajstić information content (AvgIpc) is 3.34. The maximum Gasteiger partial charge on any atom is 0.347 e. The summed E-state index contributed by atoms with van der Waals surface area (Å²) in [6.45, 7) is 0. The van der Waals surface area contributed by atoms with Crippen LogP contribution in [0.1, 0.15) is 10.9 Å². The Morgan fingerprint density at radius 2 is 1.86 bits per heavy atom. The van der Waals surface area contributed by atoms with Crippen molar-refractivity contribution in [1.29, 1.82) is 0 Å². The molecule has 5 rings (SSSR count). The van der Waals surface area contributed by atoms with Crippen LogP contribution in [-0.2, 0) is 4.79 Å². The number of oxazole rings is 1. The Labute approximate surface area is 168 Å². The molecule has 1 aliphatic heterocycles. The molecule has 1 aliphatic rings. The molecular formula is C21H14N2O5S. The van der Waals surface area contributed by atoms with Gasteiger partial charge < -0.3 is 13.9 Å². The summed E-state index contributed by atoms with van der Waals surface area (Å²) in [4.78, 5) is 30.6. The first-order valence-corrected chi connectivity index (χ1v) is 9.87. The van der Waals surface area contributed by atoms with Crippen molar-refractivity contribution in [1.82, 2.24) is 4.98 Å². The largest absolute Gasteiger partial charge is 0.508 e. The van der Waals surface area contributed by atoms with Gasteiger partial charge in [-0.15, -0.1) is 11.8 Å². The molecule has 1 amide bonds. The number of carbonyl (C=O) groups is 1. The second-order valence-electron chi connectivity index (χ2n) is 6.51. The number of hydrogen-bond acceptors (Lipinski definition) is 7. The Morgan fingerprint density at radius 3 is 2.69 bits per heavy atom. The van der Waals surface area contributed by atoms with Crippen molar-refractivity contribution >= 4 is 34.7 Å². The van der Waals surface area contributed by atoms with Gasteiger partial charge in [0.1, 0.15) is 22.3 Å². The summed E-state index contributed by atoms with van der Waals surface area (Å²) >= 11 is 1.44. The van der Waals surface area contributed by atoms with Crippen LogP contribution in [0.2, 0.25) is 0 Å². The van der Waals surface area contributed by atoms with Gasteiger partial charge in [-0.05, 0) is 29.8 Å². The minimum Gasteiger partial charge on any atom is -0.508 e.